The minimum atomic E-state index is -1.13. The second-order valence-electron chi connectivity index (χ2n) is 11.6. The van der Waals surface area contributed by atoms with E-state index in [1.54, 1.807) is 12.0 Å². The molecule has 2 aliphatic rings. The van der Waals surface area contributed by atoms with E-state index in [1.807, 2.05) is 13.0 Å². The predicted molar refractivity (Wildman–Crippen MR) is 144 cm³/mol. The number of rotatable bonds is 14. The van der Waals surface area contributed by atoms with Crippen LogP contribution >= 0.6 is 0 Å². The lowest BCUT2D eigenvalue weighted by Crippen LogP contribution is -2.61. The average Bonchev–Trinajstić information content (AvgIpc) is 2.85. The Morgan fingerprint density at radius 2 is 1.81 bits per heavy atom. The smallest absolute Gasteiger partial charge is 0.320 e. The van der Waals surface area contributed by atoms with Gasteiger partial charge in [-0.1, -0.05) is 59.8 Å². The van der Waals surface area contributed by atoms with Crippen LogP contribution in [0.15, 0.2) is 11.8 Å². The van der Waals surface area contributed by atoms with E-state index in [2.05, 4.69) is 33.0 Å². The summed E-state index contributed by atoms with van der Waals surface area (Å²) >= 11 is 0. The van der Waals surface area contributed by atoms with Gasteiger partial charge in [-0.25, -0.2) is 0 Å². The van der Waals surface area contributed by atoms with Crippen molar-refractivity contribution in [1.82, 2.24) is 10.2 Å². The molecule has 0 aromatic carbocycles. The zero-order valence-corrected chi connectivity index (χ0v) is 24.2. The van der Waals surface area contributed by atoms with Crippen LogP contribution in [0.5, 0.6) is 0 Å². The first kappa shape index (κ1) is 31.3. The summed E-state index contributed by atoms with van der Waals surface area (Å²) in [5.41, 5.74) is -0.654. The number of methoxy groups -OCH3 is 2. The zero-order valence-electron chi connectivity index (χ0n) is 24.2. The minimum absolute atomic E-state index is 0.0280. The molecule has 2 amide bonds. The summed E-state index contributed by atoms with van der Waals surface area (Å²) in [5, 5.41) is 2.89. The molecule has 0 aliphatic carbocycles. The molecule has 0 radical (unpaired) electrons. The predicted octanol–water partition coefficient (Wildman–Crippen LogP) is 4.61. The molecule has 0 saturated carbocycles. The van der Waals surface area contributed by atoms with Crippen LogP contribution in [-0.2, 0) is 28.6 Å². The highest BCUT2D eigenvalue weighted by Crippen LogP contribution is 2.51. The highest BCUT2D eigenvalue weighted by atomic mass is 16.5. The van der Waals surface area contributed by atoms with Crippen molar-refractivity contribution < 1.29 is 28.6 Å². The van der Waals surface area contributed by atoms with Crippen molar-refractivity contribution in [3.05, 3.63) is 11.8 Å². The number of amides is 2. The van der Waals surface area contributed by atoms with Crippen LogP contribution < -0.4 is 5.32 Å². The number of unbranched alkanes of at least 4 members (excludes halogenated alkanes) is 5. The SMILES string of the molecule is CCCCCCCCN1C(=O)[C@@H](CC(=O)NCCCOC)C[C@@]2(C(=O)OC)C1=C[C@H](C(C)(C)C)O[C@@H]2C. The van der Waals surface area contributed by atoms with Crippen LogP contribution in [0.4, 0.5) is 0 Å². The van der Waals surface area contributed by atoms with Crippen molar-refractivity contribution in [1.29, 1.82) is 0 Å². The number of esters is 1. The Morgan fingerprint density at radius 3 is 2.43 bits per heavy atom. The Balaban J connectivity index is 2.38. The molecular formula is C29H50N2O6. The molecule has 212 valence electrons. The van der Waals surface area contributed by atoms with Gasteiger partial charge < -0.3 is 24.4 Å². The molecule has 2 heterocycles. The third-order valence-electron chi connectivity index (χ3n) is 7.70. The molecule has 8 nitrogen and oxygen atoms in total. The number of carbonyl (C=O) groups excluding carboxylic acids is 3. The van der Waals surface area contributed by atoms with E-state index in [9.17, 15) is 14.4 Å². The highest BCUT2D eigenvalue weighted by molar-refractivity contribution is 5.92. The van der Waals surface area contributed by atoms with Gasteiger partial charge in [-0.3, -0.25) is 14.4 Å². The lowest BCUT2D eigenvalue weighted by molar-refractivity contribution is -0.180. The van der Waals surface area contributed by atoms with Gasteiger partial charge in [0.15, 0.2) is 0 Å². The van der Waals surface area contributed by atoms with Crippen molar-refractivity contribution in [3.63, 3.8) is 0 Å². The van der Waals surface area contributed by atoms with Crippen LogP contribution in [0, 0.1) is 16.7 Å². The van der Waals surface area contributed by atoms with Crippen LogP contribution in [-0.4, -0.2) is 68.8 Å². The van der Waals surface area contributed by atoms with Gasteiger partial charge in [0.05, 0.1) is 19.3 Å². The molecule has 1 saturated heterocycles. The van der Waals surface area contributed by atoms with Crippen molar-refractivity contribution in [2.45, 2.75) is 105 Å². The van der Waals surface area contributed by atoms with Crippen LogP contribution in [0.1, 0.15) is 92.4 Å². The standard InChI is InChI=1S/C29H50N2O6/c1-8-9-10-11-12-13-16-31-23-19-24(28(3,4)5)37-21(2)29(23,27(34)36-7)20-22(26(31)33)18-25(32)30-15-14-17-35-6/h19,21-22,24H,8-18,20H2,1-7H3,(H,30,32)/t21-,22+,24-,29+/m1/s1. The van der Waals surface area contributed by atoms with E-state index < -0.39 is 23.4 Å². The van der Waals surface area contributed by atoms with Crippen molar-refractivity contribution >= 4 is 17.8 Å². The number of fused-ring (bicyclic) bond motifs is 1. The van der Waals surface area contributed by atoms with Gasteiger partial charge in [-0.2, -0.15) is 0 Å². The summed E-state index contributed by atoms with van der Waals surface area (Å²) in [6, 6.07) is 0. The third kappa shape index (κ3) is 7.79. The second kappa shape index (κ2) is 14.3. The van der Waals surface area contributed by atoms with Crippen LogP contribution in [0.2, 0.25) is 0 Å². The first-order chi connectivity index (χ1) is 17.5. The van der Waals surface area contributed by atoms with E-state index in [1.165, 1.54) is 26.4 Å². The van der Waals surface area contributed by atoms with E-state index in [-0.39, 0.29) is 36.2 Å². The van der Waals surface area contributed by atoms with Gasteiger partial charge in [0, 0.05) is 44.8 Å². The van der Waals surface area contributed by atoms with Gasteiger partial charge in [0.25, 0.3) is 0 Å². The molecule has 0 unspecified atom stereocenters. The van der Waals surface area contributed by atoms with Crippen molar-refractivity contribution in [2.24, 2.45) is 16.7 Å². The second-order valence-corrected chi connectivity index (χ2v) is 11.6. The van der Waals surface area contributed by atoms with E-state index in [4.69, 9.17) is 14.2 Å². The van der Waals surface area contributed by atoms with Crippen molar-refractivity contribution in [3.8, 4) is 0 Å². The largest absolute Gasteiger partial charge is 0.468 e. The number of carbonyl (C=O) groups is 3. The Hall–Kier alpha value is -1.93. The van der Waals surface area contributed by atoms with Crippen LogP contribution in [0.3, 0.4) is 0 Å². The Labute approximate surface area is 223 Å². The number of hydrogen-bond acceptors (Lipinski definition) is 6. The van der Waals surface area contributed by atoms with Crippen LogP contribution in [0.25, 0.3) is 0 Å². The Morgan fingerprint density at radius 1 is 1.14 bits per heavy atom. The summed E-state index contributed by atoms with van der Waals surface area (Å²) in [7, 11) is 3.00. The lowest BCUT2D eigenvalue weighted by atomic mass is 9.65. The van der Waals surface area contributed by atoms with E-state index >= 15 is 0 Å². The monoisotopic (exact) mass is 522 g/mol. The molecule has 0 spiro atoms. The number of ether oxygens (including phenoxy) is 3. The molecule has 1 fully saturated rings. The molecule has 0 aromatic rings. The number of hydrogen-bond donors (Lipinski definition) is 1. The minimum Gasteiger partial charge on any atom is -0.468 e. The van der Waals surface area contributed by atoms with Crippen molar-refractivity contribution in [2.75, 3.05) is 33.9 Å². The molecule has 0 bridgehead atoms. The fourth-order valence-electron chi connectivity index (χ4n) is 5.46. The molecule has 0 aromatic heterocycles. The zero-order chi connectivity index (χ0) is 27.6. The summed E-state index contributed by atoms with van der Waals surface area (Å²) in [4.78, 5) is 41.9. The summed E-state index contributed by atoms with van der Waals surface area (Å²) in [6.45, 7) is 11.9. The Bertz CT molecular complexity index is 805. The Kier molecular flexibility index (Phi) is 12.1. The summed E-state index contributed by atoms with van der Waals surface area (Å²) < 4.78 is 16.8. The quantitative estimate of drug-likeness (QED) is 0.264. The number of nitrogens with one attached hydrogen (secondary N) is 1. The molecule has 2 aliphatic heterocycles. The first-order valence-electron chi connectivity index (χ1n) is 14.1. The third-order valence-corrected chi connectivity index (χ3v) is 7.70. The maximum absolute atomic E-state index is 13.9. The molecule has 8 heteroatoms. The normalized spacial score (nSPS) is 25.9. The first-order valence-corrected chi connectivity index (χ1v) is 14.1. The fraction of sp³-hybridized carbons (Fsp3) is 0.828. The maximum Gasteiger partial charge on any atom is 0.320 e. The molecule has 1 N–H and O–H groups in total. The van der Waals surface area contributed by atoms with Gasteiger partial charge in [0.1, 0.15) is 5.41 Å². The number of nitrogens with zero attached hydrogens (tertiary/aromatic N) is 1. The van der Waals surface area contributed by atoms with Gasteiger partial charge in [-0.15, -0.1) is 0 Å². The average molecular weight is 523 g/mol. The topological polar surface area (TPSA) is 94.2 Å². The summed E-state index contributed by atoms with van der Waals surface area (Å²) in [5.74, 6) is -1.33. The lowest BCUT2D eigenvalue weighted by Gasteiger charge is -2.53. The van der Waals surface area contributed by atoms with E-state index in [0.29, 0.717) is 31.8 Å². The maximum atomic E-state index is 13.9. The molecular weight excluding hydrogens is 472 g/mol. The van der Waals surface area contributed by atoms with Gasteiger partial charge in [0.2, 0.25) is 11.8 Å². The van der Waals surface area contributed by atoms with Gasteiger partial charge >= 0.3 is 5.97 Å². The number of likely N-dealkylation sites (tertiary alicyclic amines) is 1. The number of piperidine rings is 1. The molecule has 37 heavy (non-hydrogen) atoms. The summed E-state index contributed by atoms with van der Waals surface area (Å²) in [6.07, 6.45) is 8.68. The van der Waals surface area contributed by atoms with E-state index in [0.717, 1.165) is 19.3 Å². The highest BCUT2D eigenvalue weighted by Gasteiger charge is 2.60. The molecule has 4 atom stereocenters. The fourth-order valence-corrected chi connectivity index (χ4v) is 5.46. The van der Waals surface area contributed by atoms with Gasteiger partial charge in [-0.05, 0) is 37.7 Å². The molecule has 2 rings (SSSR count).